The summed E-state index contributed by atoms with van der Waals surface area (Å²) in [5, 5.41) is 0. The van der Waals surface area contributed by atoms with Gasteiger partial charge in [-0.2, -0.15) is 12.6 Å². The van der Waals surface area contributed by atoms with E-state index >= 15 is 0 Å². The first kappa shape index (κ1) is 12.7. The zero-order valence-electron chi connectivity index (χ0n) is 10.1. The second kappa shape index (κ2) is 5.71. The Morgan fingerprint density at radius 2 is 2.00 bits per heavy atom. The van der Waals surface area contributed by atoms with Crippen molar-refractivity contribution >= 4 is 12.6 Å². The van der Waals surface area contributed by atoms with Gasteiger partial charge in [0.1, 0.15) is 0 Å². The standard InChI is InChI=1S/C13H20N2OS/c16-12-14-8-5-9-15(12)10-13(11-17)6-3-1-2-4-7-13/h5,8-9,17H,1-4,6-7,10-11H2. The Morgan fingerprint density at radius 1 is 1.29 bits per heavy atom. The molecule has 1 aliphatic carbocycles. The second-order valence-corrected chi connectivity index (χ2v) is 5.42. The molecule has 0 bridgehead atoms. The Balaban J connectivity index is 2.18. The zero-order valence-corrected chi connectivity index (χ0v) is 11.0. The smallest absolute Gasteiger partial charge is 0.299 e. The van der Waals surface area contributed by atoms with Crippen LogP contribution < -0.4 is 5.69 Å². The van der Waals surface area contributed by atoms with Gasteiger partial charge in [-0.15, -0.1) is 0 Å². The minimum atomic E-state index is -0.141. The predicted molar refractivity (Wildman–Crippen MR) is 72.5 cm³/mol. The van der Waals surface area contributed by atoms with Gasteiger partial charge in [-0.05, 0) is 30.1 Å². The van der Waals surface area contributed by atoms with Crippen LogP contribution in [-0.2, 0) is 6.54 Å². The summed E-state index contributed by atoms with van der Waals surface area (Å²) in [6, 6.07) is 1.82. The quantitative estimate of drug-likeness (QED) is 0.662. The summed E-state index contributed by atoms with van der Waals surface area (Å²) in [5.74, 6) is 0.855. The Morgan fingerprint density at radius 3 is 2.59 bits per heavy atom. The molecule has 4 heteroatoms. The van der Waals surface area contributed by atoms with Gasteiger partial charge in [-0.25, -0.2) is 9.78 Å². The van der Waals surface area contributed by atoms with E-state index in [-0.39, 0.29) is 11.1 Å². The van der Waals surface area contributed by atoms with Crippen LogP contribution in [0, 0.1) is 5.41 Å². The first-order valence-electron chi connectivity index (χ1n) is 6.38. The largest absolute Gasteiger partial charge is 0.347 e. The van der Waals surface area contributed by atoms with Gasteiger partial charge in [0.2, 0.25) is 0 Å². The number of nitrogens with zero attached hydrogens (tertiary/aromatic N) is 2. The van der Waals surface area contributed by atoms with E-state index in [1.165, 1.54) is 38.5 Å². The summed E-state index contributed by atoms with van der Waals surface area (Å²) >= 11 is 4.53. The average molecular weight is 252 g/mol. The first-order valence-corrected chi connectivity index (χ1v) is 7.01. The summed E-state index contributed by atoms with van der Waals surface area (Å²) in [5.41, 5.74) is 0.0461. The third kappa shape index (κ3) is 3.12. The van der Waals surface area contributed by atoms with Crippen LogP contribution in [0.15, 0.2) is 23.3 Å². The predicted octanol–water partition coefficient (Wildman–Crippen LogP) is 2.51. The molecule has 1 heterocycles. The van der Waals surface area contributed by atoms with Crippen molar-refractivity contribution in [1.29, 1.82) is 0 Å². The lowest BCUT2D eigenvalue weighted by molar-refractivity contribution is 0.236. The Hall–Kier alpha value is -0.770. The van der Waals surface area contributed by atoms with Crippen molar-refractivity contribution in [3.8, 4) is 0 Å². The summed E-state index contributed by atoms with van der Waals surface area (Å²) in [6.07, 6.45) is 10.9. The average Bonchev–Trinajstić information content (AvgIpc) is 2.58. The summed E-state index contributed by atoms with van der Waals surface area (Å²) in [6.45, 7) is 0.767. The highest BCUT2D eigenvalue weighted by atomic mass is 32.1. The van der Waals surface area contributed by atoms with Crippen LogP contribution in [0.1, 0.15) is 38.5 Å². The monoisotopic (exact) mass is 252 g/mol. The Bertz CT molecular complexity index is 408. The molecule has 0 radical (unpaired) electrons. The number of hydrogen-bond acceptors (Lipinski definition) is 3. The molecule has 3 nitrogen and oxygen atoms in total. The van der Waals surface area contributed by atoms with Crippen molar-refractivity contribution in [1.82, 2.24) is 9.55 Å². The SMILES string of the molecule is O=c1ncccn1CC1(CS)CCCCCC1. The number of rotatable bonds is 3. The third-order valence-electron chi connectivity index (χ3n) is 3.79. The second-order valence-electron chi connectivity index (χ2n) is 5.10. The van der Waals surface area contributed by atoms with E-state index in [9.17, 15) is 4.79 Å². The maximum Gasteiger partial charge on any atom is 0.347 e. The molecular formula is C13H20N2OS. The van der Waals surface area contributed by atoms with Crippen LogP contribution in [0.2, 0.25) is 0 Å². The van der Waals surface area contributed by atoms with Crippen molar-refractivity contribution in [2.24, 2.45) is 5.41 Å². The van der Waals surface area contributed by atoms with Crippen LogP contribution in [0.25, 0.3) is 0 Å². The Labute approximate surface area is 108 Å². The highest BCUT2D eigenvalue weighted by Gasteiger charge is 2.30. The van der Waals surface area contributed by atoms with E-state index < -0.39 is 0 Å². The van der Waals surface area contributed by atoms with E-state index in [0.29, 0.717) is 0 Å². The van der Waals surface area contributed by atoms with Crippen molar-refractivity contribution in [2.75, 3.05) is 5.75 Å². The van der Waals surface area contributed by atoms with Crippen molar-refractivity contribution in [3.05, 3.63) is 28.9 Å². The molecule has 0 saturated heterocycles. The van der Waals surface area contributed by atoms with Crippen molar-refractivity contribution in [2.45, 2.75) is 45.1 Å². The van der Waals surface area contributed by atoms with E-state index in [1.54, 1.807) is 10.8 Å². The van der Waals surface area contributed by atoms with Crippen LogP contribution >= 0.6 is 12.6 Å². The fourth-order valence-corrected chi connectivity index (χ4v) is 3.13. The zero-order chi connectivity index (χ0) is 12.1. The van der Waals surface area contributed by atoms with Crippen LogP contribution in [0.3, 0.4) is 0 Å². The molecular weight excluding hydrogens is 232 g/mol. The molecule has 0 aromatic carbocycles. The molecule has 1 fully saturated rings. The van der Waals surface area contributed by atoms with E-state index in [0.717, 1.165) is 12.3 Å². The highest BCUT2D eigenvalue weighted by Crippen LogP contribution is 2.37. The Kier molecular flexibility index (Phi) is 4.26. The molecule has 0 spiro atoms. The van der Waals surface area contributed by atoms with Crippen LogP contribution in [-0.4, -0.2) is 15.3 Å². The first-order chi connectivity index (χ1) is 8.26. The van der Waals surface area contributed by atoms with Gasteiger partial charge in [0, 0.05) is 18.9 Å². The molecule has 94 valence electrons. The molecule has 0 unspecified atom stereocenters. The number of thiol groups is 1. The summed E-state index contributed by atoms with van der Waals surface area (Å²) < 4.78 is 1.74. The lowest BCUT2D eigenvalue weighted by atomic mass is 9.82. The fraction of sp³-hybridized carbons (Fsp3) is 0.692. The fourth-order valence-electron chi connectivity index (χ4n) is 2.71. The number of aromatic nitrogens is 2. The molecule has 1 aromatic heterocycles. The summed E-state index contributed by atoms with van der Waals surface area (Å²) in [7, 11) is 0. The van der Waals surface area contributed by atoms with Gasteiger partial charge in [-0.1, -0.05) is 25.7 Å². The topological polar surface area (TPSA) is 34.9 Å². The van der Waals surface area contributed by atoms with E-state index in [4.69, 9.17) is 0 Å². The van der Waals surface area contributed by atoms with Crippen LogP contribution in [0.4, 0.5) is 0 Å². The van der Waals surface area contributed by atoms with Gasteiger partial charge >= 0.3 is 5.69 Å². The van der Waals surface area contributed by atoms with Gasteiger partial charge in [-0.3, -0.25) is 4.57 Å². The molecule has 0 amide bonds. The maximum atomic E-state index is 11.7. The molecule has 0 atom stereocenters. The normalized spacial score (nSPS) is 19.8. The lowest BCUT2D eigenvalue weighted by Crippen LogP contribution is -2.34. The maximum absolute atomic E-state index is 11.7. The molecule has 1 aliphatic rings. The van der Waals surface area contributed by atoms with Gasteiger partial charge in [0.15, 0.2) is 0 Å². The van der Waals surface area contributed by atoms with Gasteiger partial charge in [0.25, 0.3) is 0 Å². The minimum absolute atomic E-state index is 0.141. The van der Waals surface area contributed by atoms with Crippen molar-refractivity contribution in [3.63, 3.8) is 0 Å². The van der Waals surface area contributed by atoms with Crippen LogP contribution in [0.5, 0.6) is 0 Å². The molecule has 17 heavy (non-hydrogen) atoms. The van der Waals surface area contributed by atoms with Gasteiger partial charge in [0.05, 0.1) is 0 Å². The molecule has 1 aromatic rings. The van der Waals surface area contributed by atoms with E-state index in [1.807, 2.05) is 12.3 Å². The molecule has 1 saturated carbocycles. The number of hydrogen-bond donors (Lipinski definition) is 1. The molecule has 2 rings (SSSR count). The van der Waals surface area contributed by atoms with E-state index in [2.05, 4.69) is 17.6 Å². The van der Waals surface area contributed by atoms with Crippen molar-refractivity contribution < 1.29 is 0 Å². The summed E-state index contributed by atoms with van der Waals surface area (Å²) in [4.78, 5) is 15.5. The minimum Gasteiger partial charge on any atom is -0.299 e. The van der Waals surface area contributed by atoms with Gasteiger partial charge < -0.3 is 0 Å². The highest BCUT2D eigenvalue weighted by molar-refractivity contribution is 7.80. The molecule has 0 N–H and O–H groups in total. The lowest BCUT2D eigenvalue weighted by Gasteiger charge is -2.31. The molecule has 0 aliphatic heterocycles. The third-order valence-corrected chi connectivity index (χ3v) is 4.46.